The van der Waals surface area contributed by atoms with Gasteiger partial charge in [-0.1, -0.05) is 18.2 Å². The van der Waals surface area contributed by atoms with Gasteiger partial charge in [-0.05, 0) is 6.92 Å². The molecule has 0 bridgehead atoms. The topological polar surface area (TPSA) is 39.1 Å². The molecule has 4 nitrogen and oxygen atoms in total. The summed E-state index contributed by atoms with van der Waals surface area (Å²) in [5.41, 5.74) is 0. The van der Waals surface area contributed by atoms with Crippen molar-refractivity contribution >= 4 is 11.6 Å². The van der Waals surface area contributed by atoms with Crippen LogP contribution in [0.15, 0.2) is 24.0 Å². The summed E-state index contributed by atoms with van der Waals surface area (Å²) >= 11 is 5.59. The van der Waals surface area contributed by atoms with Crippen molar-refractivity contribution < 1.29 is 4.74 Å². The van der Waals surface area contributed by atoms with Crippen LogP contribution < -0.4 is 10.1 Å². The number of hydrogen-bond donors (Lipinski definition) is 1. The van der Waals surface area contributed by atoms with Crippen LogP contribution in [0.4, 0.5) is 0 Å². The van der Waals surface area contributed by atoms with Gasteiger partial charge in [0.2, 0.25) is 5.88 Å². The lowest BCUT2D eigenvalue weighted by Crippen LogP contribution is -2.21. The van der Waals surface area contributed by atoms with E-state index in [-0.39, 0.29) is 6.17 Å². The Morgan fingerprint density at radius 2 is 2.54 bits per heavy atom. The van der Waals surface area contributed by atoms with Gasteiger partial charge in [-0.2, -0.15) is 0 Å². The Balaban J connectivity index is 2.65. The van der Waals surface area contributed by atoms with E-state index in [2.05, 4.69) is 17.0 Å². The molecule has 0 fully saturated rings. The summed E-state index contributed by atoms with van der Waals surface area (Å²) in [6.45, 7) is 5.45. The zero-order valence-electron chi connectivity index (χ0n) is 7.62. The number of nitrogens with zero attached hydrogens (tertiary/aromatic N) is 2. The average molecular weight is 202 g/mol. The zero-order valence-corrected chi connectivity index (χ0v) is 8.38. The van der Waals surface area contributed by atoms with E-state index in [1.165, 1.54) is 0 Å². The zero-order chi connectivity index (χ0) is 9.84. The van der Waals surface area contributed by atoms with E-state index in [0.717, 1.165) is 0 Å². The fourth-order valence-electron chi connectivity index (χ4n) is 0.938. The first-order valence-electron chi connectivity index (χ1n) is 3.83. The summed E-state index contributed by atoms with van der Waals surface area (Å²) in [6.07, 6.45) is 1.77. The lowest BCUT2D eigenvalue weighted by Gasteiger charge is -2.13. The molecule has 0 aliphatic rings. The molecule has 1 aromatic rings. The maximum absolute atomic E-state index is 5.59. The van der Waals surface area contributed by atoms with Crippen LogP contribution in [0, 0.1) is 0 Å². The molecule has 0 amide bonds. The van der Waals surface area contributed by atoms with Gasteiger partial charge < -0.3 is 10.1 Å². The summed E-state index contributed by atoms with van der Waals surface area (Å²) in [5, 5.41) is 7.42. The predicted molar refractivity (Wildman–Crippen MR) is 51.6 cm³/mol. The van der Waals surface area contributed by atoms with Crippen molar-refractivity contribution in [1.29, 1.82) is 0 Å². The maximum atomic E-state index is 5.59. The van der Waals surface area contributed by atoms with E-state index in [0.29, 0.717) is 11.0 Å². The second-order valence-electron chi connectivity index (χ2n) is 2.56. The molecule has 1 unspecified atom stereocenters. The standard InChI is InChI=1S/C8H12ClN3O/c1-6(9)10-7(2)12-5-4-8(11-12)13-3/h4-5,7,10H,1H2,2-3H3. The molecule has 0 aliphatic heterocycles. The highest BCUT2D eigenvalue weighted by Gasteiger charge is 2.05. The van der Waals surface area contributed by atoms with Crippen LogP contribution in [0.5, 0.6) is 5.88 Å². The second kappa shape index (κ2) is 4.18. The third-order valence-corrected chi connectivity index (χ3v) is 1.66. The third-order valence-electron chi connectivity index (χ3n) is 1.56. The Morgan fingerprint density at radius 3 is 3.00 bits per heavy atom. The number of methoxy groups -OCH3 is 1. The van der Waals surface area contributed by atoms with Gasteiger partial charge in [0, 0.05) is 12.3 Å². The molecular formula is C8H12ClN3O. The normalized spacial score (nSPS) is 12.2. The first-order chi connectivity index (χ1) is 6.13. The molecule has 1 aromatic heterocycles. The van der Waals surface area contributed by atoms with Gasteiger partial charge in [0.1, 0.15) is 6.17 Å². The number of nitrogens with one attached hydrogen (secondary N) is 1. The summed E-state index contributed by atoms with van der Waals surface area (Å²) < 4.78 is 6.64. The van der Waals surface area contributed by atoms with Crippen LogP contribution in [0.1, 0.15) is 13.1 Å². The Labute approximate surface area is 82.1 Å². The molecule has 5 heteroatoms. The van der Waals surface area contributed by atoms with Gasteiger partial charge in [0.05, 0.1) is 12.3 Å². The van der Waals surface area contributed by atoms with Crippen LogP contribution in [-0.4, -0.2) is 16.9 Å². The molecule has 1 atom stereocenters. The minimum absolute atomic E-state index is 0.0334. The number of halogens is 1. The SMILES string of the molecule is C=C(Cl)NC(C)n1ccc(OC)n1. The van der Waals surface area contributed by atoms with Crippen molar-refractivity contribution in [2.75, 3.05) is 7.11 Å². The smallest absolute Gasteiger partial charge is 0.232 e. The first-order valence-corrected chi connectivity index (χ1v) is 4.21. The van der Waals surface area contributed by atoms with Crippen molar-refractivity contribution in [2.45, 2.75) is 13.1 Å². The van der Waals surface area contributed by atoms with Crippen LogP contribution >= 0.6 is 11.6 Å². The Morgan fingerprint density at radius 1 is 1.85 bits per heavy atom. The van der Waals surface area contributed by atoms with Gasteiger partial charge in [-0.3, -0.25) is 0 Å². The molecular weight excluding hydrogens is 190 g/mol. The number of hydrogen-bond acceptors (Lipinski definition) is 3. The molecule has 1 heterocycles. The summed E-state index contributed by atoms with van der Waals surface area (Å²) in [4.78, 5) is 0. The molecule has 0 radical (unpaired) electrons. The van der Waals surface area contributed by atoms with E-state index in [1.807, 2.05) is 6.92 Å². The fourth-order valence-corrected chi connectivity index (χ4v) is 1.10. The van der Waals surface area contributed by atoms with Crippen molar-refractivity contribution in [3.05, 3.63) is 24.0 Å². The fraction of sp³-hybridized carbons (Fsp3) is 0.375. The van der Waals surface area contributed by atoms with Crippen molar-refractivity contribution in [2.24, 2.45) is 0 Å². The lowest BCUT2D eigenvalue weighted by molar-refractivity contribution is 0.371. The van der Waals surface area contributed by atoms with Gasteiger partial charge in [-0.25, -0.2) is 4.68 Å². The quantitative estimate of drug-likeness (QED) is 0.754. The number of ether oxygens (including phenoxy) is 1. The third kappa shape index (κ3) is 2.66. The van der Waals surface area contributed by atoms with E-state index in [4.69, 9.17) is 16.3 Å². The Bertz CT molecular complexity index is 297. The number of rotatable bonds is 4. The predicted octanol–water partition coefficient (Wildman–Crippen LogP) is 1.71. The van der Waals surface area contributed by atoms with Gasteiger partial charge in [-0.15, -0.1) is 5.10 Å². The first kappa shape index (κ1) is 9.92. The highest BCUT2D eigenvalue weighted by molar-refractivity contribution is 6.28. The monoisotopic (exact) mass is 201 g/mol. The molecule has 72 valence electrons. The van der Waals surface area contributed by atoms with Crippen molar-refractivity contribution in [3.8, 4) is 5.88 Å². The van der Waals surface area contributed by atoms with Gasteiger partial charge in [0.15, 0.2) is 0 Å². The molecule has 0 saturated carbocycles. The van der Waals surface area contributed by atoms with E-state index >= 15 is 0 Å². The summed E-state index contributed by atoms with van der Waals surface area (Å²) in [7, 11) is 1.57. The minimum atomic E-state index is -0.0334. The van der Waals surface area contributed by atoms with E-state index in [9.17, 15) is 0 Å². The largest absolute Gasteiger partial charge is 0.480 e. The molecule has 0 saturated heterocycles. The lowest BCUT2D eigenvalue weighted by atomic mass is 10.5. The van der Waals surface area contributed by atoms with Crippen molar-refractivity contribution in [1.82, 2.24) is 15.1 Å². The van der Waals surface area contributed by atoms with E-state index in [1.54, 1.807) is 24.1 Å². The molecule has 1 N–H and O–H groups in total. The molecule has 0 spiro atoms. The second-order valence-corrected chi connectivity index (χ2v) is 3.02. The summed E-state index contributed by atoms with van der Waals surface area (Å²) in [5.74, 6) is 0.578. The number of aromatic nitrogens is 2. The average Bonchev–Trinajstić information content (AvgIpc) is 2.50. The van der Waals surface area contributed by atoms with Crippen LogP contribution in [0.3, 0.4) is 0 Å². The summed E-state index contributed by atoms with van der Waals surface area (Å²) in [6, 6.07) is 1.77. The van der Waals surface area contributed by atoms with Gasteiger partial charge in [0.25, 0.3) is 0 Å². The van der Waals surface area contributed by atoms with Crippen LogP contribution in [-0.2, 0) is 0 Å². The van der Waals surface area contributed by atoms with E-state index < -0.39 is 0 Å². The molecule has 0 aliphatic carbocycles. The highest BCUT2D eigenvalue weighted by Crippen LogP contribution is 2.09. The maximum Gasteiger partial charge on any atom is 0.232 e. The minimum Gasteiger partial charge on any atom is -0.480 e. The molecule has 0 aromatic carbocycles. The Kier molecular flexibility index (Phi) is 3.19. The molecule has 1 rings (SSSR count). The highest BCUT2D eigenvalue weighted by atomic mass is 35.5. The molecule has 13 heavy (non-hydrogen) atoms. The van der Waals surface area contributed by atoms with Gasteiger partial charge >= 0.3 is 0 Å². The Hall–Kier alpha value is -1.16. The van der Waals surface area contributed by atoms with Crippen molar-refractivity contribution in [3.63, 3.8) is 0 Å². The van der Waals surface area contributed by atoms with Crippen LogP contribution in [0.2, 0.25) is 0 Å². The van der Waals surface area contributed by atoms with Crippen LogP contribution in [0.25, 0.3) is 0 Å².